The van der Waals surface area contributed by atoms with E-state index in [0.29, 0.717) is 12.0 Å². The third-order valence-corrected chi connectivity index (χ3v) is 8.82. The van der Waals surface area contributed by atoms with Crippen molar-refractivity contribution in [2.24, 2.45) is 0 Å². The van der Waals surface area contributed by atoms with E-state index in [9.17, 15) is 0 Å². The minimum atomic E-state index is -0.473. The van der Waals surface area contributed by atoms with Crippen molar-refractivity contribution >= 4 is 38.3 Å². The summed E-state index contributed by atoms with van der Waals surface area (Å²) >= 11 is 0. The van der Waals surface area contributed by atoms with Crippen molar-refractivity contribution in [2.75, 3.05) is 29.3 Å². The molecule has 1 aliphatic rings. The second-order valence-electron chi connectivity index (χ2n) is 8.78. The van der Waals surface area contributed by atoms with Crippen LogP contribution in [-0.4, -0.2) is 58.4 Å². The number of aromatic nitrogens is 7. The Kier molecular flexibility index (Phi) is 4.65. The summed E-state index contributed by atoms with van der Waals surface area (Å²) in [5.41, 5.74) is 4.71. The highest BCUT2D eigenvalue weighted by atomic mass is 32.3. The van der Waals surface area contributed by atoms with Crippen LogP contribution in [0.5, 0.6) is 0 Å². The van der Waals surface area contributed by atoms with Crippen molar-refractivity contribution in [2.45, 2.75) is 39.2 Å². The summed E-state index contributed by atoms with van der Waals surface area (Å²) < 4.78 is 3.91. The molecule has 1 N–H and O–H groups in total. The van der Waals surface area contributed by atoms with E-state index in [4.69, 9.17) is 10.1 Å². The Morgan fingerprint density at radius 3 is 2.87 bits per heavy atom. The van der Waals surface area contributed by atoms with Gasteiger partial charge in [-0.3, -0.25) is 0 Å². The van der Waals surface area contributed by atoms with Gasteiger partial charge >= 0.3 is 0 Å². The lowest BCUT2D eigenvalue weighted by molar-refractivity contribution is 0.425. The molecule has 0 radical (unpaired) electrons. The first-order chi connectivity index (χ1) is 14.4. The molecule has 1 fully saturated rings. The van der Waals surface area contributed by atoms with Crippen LogP contribution in [0.25, 0.3) is 16.7 Å². The number of hydrogen-bond acceptors (Lipinski definition) is 6. The fraction of sp³-hybridized carbons (Fsp3) is 0.476. The first-order valence-electron chi connectivity index (χ1n) is 10.4. The number of rotatable bonds is 3. The fourth-order valence-electron chi connectivity index (χ4n) is 4.24. The number of hydrogen-bond donors (Lipinski definition) is 1. The van der Waals surface area contributed by atoms with Gasteiger partial charge in [0.1, 0.15) is 6.33 Å². The molecule has 30 heavy (non-hydrogen) atoms. The molecule has 9 heteroatoms. The summed E-state index contributed by atoms with van der Waals surface area (Å²) in [5.74, 6) is 3.23. The molecule has 0 aliphatic carbocycles. The van der Waals surface area contributed by atoms with Gasteiger partial charge in [-0.25, -0.2) is 29.2 Å². The third-order valence-electron chi connectivity index (χ3n) is 6.09. The summed E-state index contributed by atoms with van der Waals surface area (Å²) in [6.45, 7) is 4.09. The molecule has 158 valence electrons. The van der Waals surface area contributed by atoms with E-state index in [2.05, 4.69) is 37.6 Å². The van der Waals surface area contributed by atoms with Crippen molar-refractivity contribution < 1.29 is 0 Å². The van der Waals surface area contributed by atoms with Crippen molar-refractivity contribution in [3.05, 3.63) is 36.0 Å². The maximum Gasteiger partial charge on any atom is 0.229 e. The van der Waals surface area contributed by atoms with Gasteiger partial charge in [-0.2, -0.15) is 15.2 Å². The average Bonchev–Trinajstić information content (AvgIpc) is 3.23. The Morgan fingerprint density at radius 2 is 2.00 bits per heavy atom. The lowest BCUT2D eigenvalue weighted by Gasteiger charge is -2.29. The Bertz CT molecular complexity index is 1220. The molecule has 0 amide bonds. The Morgan fingerprint density at radius 1 is 1.13 bits per heavy atom. The third kappa shape index (κ3) is 3.51. The Labute approximate surface area is 177 Å². The van der Waals surface area contributed by atoms with E-state index in [1.807, 2.05) is 32.3 Å². The topological polar surface area (TPSA) is 85.8 Å². The molecule has 1 saturated heterocycles. The largest absolute Gasteiger partial charge is 0.323 e. The second-order valence-corrected chi connectivity index (χ2v) is 13.1. The Hall–Kier alpha value is -2.68. The molecule has 0 aromatic carbocycles. The summed E-state index contributed by atoms with van der Waals surface area (Å²) in [7, 11) is -0.473. The van der Waals surface area contributed by atoms with Gasteiger partial charge in [0.25, 0.3) is 0 Å². The van der Waals surface area contributed by atoms with Crippen LogP contribution in [0.15, 0.2) is 24.8 Å². The van der Waals surface area contributed by atoms with Gasteiger partial charge in [0.05, 0.1) is 29.0 Å². The zero-order chi connectivity index (χ0) is 20.9. The summed E-state index contributed by atoms with van der Waals surface area (Å²) in [6.07, 6.45) is 13.9. The van der Waals surface area contributed by atoms with Crippen LogP contribution in [-0.2, 0) is 0 Å². The standard InChI is InChI=1S/C21H28N8S/c1-14-10-19-23-13-24-28(19)12-18(14)25-21-22-11-17-15(2)27-29(20(17)26-21)16-6-5-8-30(3,4)9-7-16/h10-13,16H,5-9H2,1-4H3,(H,22,25,26). The van der Waals surface area contributed by atoms with Gasteiger partial charge in [-0.15, -0.1) is 0 Å². The average molecular weight is 425 g/mol. The van der Waals surface area contributed by atoms with Crippen molar-refractivity contribution in [1.82, 2.24) is 34.3 Å². The molecule has 1 atom stereocenters. The lowest BCUT2D eigenvalue weighted by Crippen LogP contribution is -2.13. The molecule has 0 spiro atoms. The van der Waals surface area contributed by atoms with E-state index >= 15 is 0 Å². The highest BCUT2D eigenvalue weighted by Crippen LogP contribution is 2.46. The van der Waals surface area contributed by atoms with E-state index in [-0.39, 0.29) is 0 Å². The van der Waals surface area contributed by atoms with Crippen LogP contribution in [0, 0.1) is 13.8 Å². The van der Waals surface area contributed by atoms with Gasteiger partial charge in [0, 0.05) is 6.20 Å². The minimum Gasteiger partial charge on any atom is -0.323 e. The zero-order valence-corrected chi connectivity index (χ0v) is 18.8. The SMILES string of the molecule is Cc1cc2ncnn2cc1Nc1ncc2c(C)nn(C3CCCS(C)(C)CC3)c2n1. The maximum absolute atomic E-state index is 4.88. The first kappa shape index (κ1) is 19.3. The van der Waals surface area contributed by atoms with E-state index in [0.717, 1.165) is 33.6 Å². The number of nitrogens with one attached hydrogen (secondary N) is 1. The fourth-order valence-corrected chi connectivity index (χ4v) is 6.31. The molecule has 4 aromatic rings. The number of aryl methyl sites for hydroxylation is 2. The van der Waals surface area contributed by atoms with Crippen LogP contribution in [0.2, 0.25) is 0 Å². The second kappa shape index (κ2) is 7.23. The quantitative estimate of drug-likeness (QED) is 0.535. The summed E-state index contributed by atoms with van der Waals surface area (Å²) in [6, 6.07) is 2.41. The Balaban J connectivity index is 1.50. The molecule has 0 saturated carbocycles. The van der Waals surface area contributed by atoms with Gasteiger partial charge in [0.2, 0.25) is 5.95 Å². The molecule has 1 aliphatic heterocycles. The first-order valence-corrected chi connectivity index (χ1v) is 13.2. The molecule has 8 nitrogen and oxygen atoms in total. The van der Waals surface area contributed by atoms with E-state index in [1.165, 1.54) is 30.8 Å². The number of pyridine rings is 1. The van der Waals surface area contributed by atoms with Crippen LogP contribution in [0.3, 0.4) is 0 Å². The summed E-state index contributed by atoms with van der Waals surface area (Å²) in [5, 5.41) is 13.5. The predicted octanol–water partition coefficient (Wildman–Crippen LogP) is 4.02. The van der Waals surface area contributed by atoms with E-state index in [1.54, 1.807) is 10.8 Å². The highest BCUT2D eigenvalue weighted by Gasteiger charge is 2.25. The monoisotopic (exact) mass is 424 g/mol. The smallest absolute Gasteiger partial charge is 0.229 e. The highest BCUT2D eigenvalue weighted by molar-refractivity contribution is 8.32. The molecular weight excluding hydrogens is 396 g/mol. The van der Waals surface area contributed by atoms with Crippen LogP contribution >= 0.6 is 10.0 Å². The molecule has 0 bridgehead atoms. The molecular formula is C21H28N8S. The van der Waals surface area contributed by atoms with Crippen LogP contribution < -0.4 is 5.32 Å². The molecule has 5 rings (SSSR count). The van der Waals surface area contributed by atoms with Crippen molar-refractivity contribution in [3.8, 4) is 0 Å². The van der Waals surface area contributed by atoms with Crippen molar-refractivity contribution in [1.29, 1.82) is 0 Å². The zero-order valence-electron chi connectivity index (χ0n) is 18.0. The molecule has 5 heterocycles. The number of fused-ring (bicyclic) bond motifs is 2. The number of nitrogens with zero attached hydrogens (tertiary/aromatic N) is 7. The van der Waals surface area contributed by atoms with Gasteiger partial charge in [-0.05, 0) is 68.8 Å². The van der Waals surface area contributed by atoms with Crippen LogP contribution in [0.1, 0.15) is 36.6 Å². The van der Waals surface area contributed by atoms with Gasteiger partial charge in [-0.1, -0.05) is 0 Å². The van der Waals surface area contributed by atoms with Crippen LogP contribution in [0.4, 0.5) is 11.6 Å². The lowest BCUT2D eigenvalue weighted by atomic mass is 10.1. The van der Waals surface area contributed by atoms with E-state index < -0.39 is 10.0 Å². The van der Waals surface area contributed by atoms with Crippen molar-refractivity contribution in [3.63, 3.8) is 0 Å². The summed E-state index contributed by atoms with van der Waals surface area (Å²) in [4.78, 5) is 13.7. The molecule has 4 aromatic heterocycles. The number of anilines is 2. The maximum atomic E-state index is 4.88. The predicted molar refractivity (Wildman–Crippen MR) is 123 cm³/mol. The minimum absolute atomic E-state index is 0.409. The van der Waals surface area contributed by atoms with Gasteiger partial charge < -0.3 is 5.32 Å². The van der Waals surface area contributed by atoms with Gasteiger partial charge in [0.15, 0.2) is 11.3 Å². The molecule has 1 unspecified atom stereocenters. The normalized spacial score (nSPS) is 20.3.